The predicted molar refractivity (Wildman–Crippen MR) is 59.6 cm³/mol. The molecule has 0 aromatic carbocycles. The Labute approximate surface area is 72.7 Å². The average molecular weight is 176 g/mol. The van der Waals surface area contributed by atoms with Gasteiger partial charge in [0.2, 0.25) is 0 Å². The van der Waals surface area contributed by atoms with Crippen LogP contribution in [-0.2, 0) is 0 Å². The van der Waals surface area contributed by atoms with Crippen molar-refractivity contribution in [1.29, 1.82) is 0 Å². The van der Waals surface area contributed by atoms with Gasteiger partial charge in [0.25, 0.3) is 0 Å². The third kappa shape index (κ3) is 3.56. The van der Waals surface area contributed by atoms with Crippen LogP contribution in [0.2, 0.25) is 0 Å². The van der Waals surface area contributed by atoms with Gasteiger partial charge < -0.3 is 0 Å². The monoisotopic (exact) mass is 176 g/mol. The molecule has 0 nitrogen and oxygen atoms in total. The van der Waals surface area contributed by atoms with Crippen molar-refractivity contribution in [2.24, 2.45) is 0 Å². The molecule has 70 valence electrons. The molecule has 0 spiro atoms. The summed E-state index contributed by atoms with van der Waals surface area (Å²) in [6.45, 7) is 11.0. The molecule has 0 atom stereocenters. The van der Waals surface area contributed by atoms with Crippen LogP contribution in [0.25, 0.3) is 0 Å². The molecule has 0 bridgehead atoms. The summed E-state index contributed by atoms with van der Waals surface area (Å²) in [5.74, 6) is 0. The van der Waals surface area contributed by atoms with Crippen molar-refractivity contribution >= 4 is 6.60 Å². The van der Waals surface area contributed by atoms with Crippen LogP contribution in [0.15, 0.2) is 0 Å². The average Bonchev–Trinajstić information content (AvgIpc) is 1.89. The molecule has 0 N–H and O–H groups in total. The molecule has 11 heavy (non-hydrogen) atoms. The molecule has 0 aliphatic carbocycles. The Balaban J connectivity index is 4.23. The molecular formula is C10H25P. The summed E-state index contributed by atoms with van der Waals surface area (Å²) in [4.78, 5) is 0. The zero-order valence-electron chi connectivity index (χ0n) is 8.98. The second-order valence-corrected chi connectivity index (χ2v) is 12.3. The van der Waals surface area contributed by atoms with Gasteiger partial charge in [0, 0.05) is 0 Å². The van der Waals surface area contributed by atoms with E-state index in [-0.39, 0.29) is 0 Å². The van der Waals surface area contributed by atoms with Crippen LogP contribution in [0.1, 0.15) is 33.6 Å². The molecule has 0 aromatic rings. The zero-order valence-corrected chi connectivity index (χ0v) is 9.88. The van der Waals surface area contributed by atoms with E-state index >= 15 is 0 Å². The van der Waals surface area contributed by atoms with Crippen LogP contribution >= 0.6 is 6.60 Å². The Hall–Kier alpha value is 0.430. The van der Waals surface area contributed by atoms with Crippen LogP contribution in [0.3, 0.4) is 0 Å². The fourth-order valence-corrected chi connectivity index (χ4v) is 5.86. The third-order valence-electron chi connectivity index (χ3n) is 3.05. The van der Waals surface area contributed by atoms with Gasteiger partial charge in [-0.05, 0) is 0 Å². The first-order valence-corrected chi connectivity index (χ1v) is 8.65. The minimum absolute atomic E-state index is 1.19. The van der Waals surface area contributed by atoms with Gasteiger partial charge >= 0.3 is 72.0 Å². The molecule has 0 radical (unpaired) electrons. The van der Waals surface area contributed by atoms with Gasteiger partial charge in [-0.3, -0.25) is 0 Å². The van der Waals surface area contributed by atoms with Gasteiger partial charge in [0.05, 0.1) is 0 Å². The Kier molecular flexibility index (Phi) is 4.05. The fourth-order valence-electron chi connectivity index (χ4n) is 1.95. The first kappa shape index (κ1) is 11.4. The van der Waals surface area contributed by atoms with Gasteiger partial charge in [-0.1, -0.05) is 0 Å². The Morgan fingerprint density at radius 3 is 1.36 bits per heavy atom. The quantitative estimate of drug-likeness (QED) is 0.561. The van der Waals surface area contributed by atoms with E-state index in [0.29, 0.717) is 0 Å². The van der Waals surface area contributed by atoms with E-state index in [1.165, 1.54) is 31.3 Å². The SMILES string of the molecule is CCCP(C)(C)(CC)CCC. The number of rotatable bonds is 5. The first-order chi connectivity index (χ1) is 4.96. The molecule has 0 aromatic heterocycles. The molecular weight excluding hydrogens is 151 g/mol. The van der Waals surface area contributed by atoms with Crippen molar-refractivity contribution in [2.45, 2.75) is 33.6 Å². The van der Waals surface area contributed by atoms with E-state index < -0.39 is 6.60 Å². The van der Waals surface area contributed by atoms with Gasteiger partial charge in [-0.2, -0.15) is 0 Å². The van der Waals surface area contributed by atoms with Crippen LogP contribution < -0.4 is 0 Å². The van der Waals surface area contributed by atoms with Gasteiger partial charge in [0.1, 0.15) is 0 Å². The van der Waals surface area contributed by atoms with E-state index in [4.69, 9.17) is 0 Å². The van der Waals surface area contributed by atoms with E-state index in [1.54, 1.807) is 0 Å². The van der Waals surface area contributed by atoms with Crippen molar-refractivity contribution in [3.63, 3.8) is 0 Å². The van der Waals surface area contributed by atoms with Crippen LogP contribution in [0.5, 0.6) is 0 Å². The van der Waals surface area contributed by atoms with Gasteiger partial charge in [-0.25, -0.2) is 0 Å². The Morgan fingerprint density at radius 2 is 1.18 bits per heavy atom. The summed E-state index contributed by atoms with van der Waals surface area (Å²) in [5, 5.41) is 0. The molecule has 0 fully saturated rings. The molecule has 0 rings (SSSR count). The normalized spacial score (nSPS) is 15.9. The van der Waals surface area contributed by atoms with Gasteiger partial charge in [-0.15, -0.1) is 0 Å². The standard InChI is InChI=1S/C10H25P/c1-6-9-11(4,5,8-3)10-7-2/h6-10H2,1-5H3. The van der Waals surface area contributed by atoms with Crippen molar-refractivity contribution in [1.82, 2.24) is 0 Å². The fraction of sp³-hybridized carbons (Fsp3) is 1.00. The molecule has 0 unspecified atom stereocenters. The van der Waals surface area contributed by atoms with Crippen molar-refractivity contribution in [3.05, 3.63) is 0 Å². The molecule has 0 saturated carbocycles. The van der Waals surface area contributed by atoms with Crippen LogP contribution in [0, 0.1) is 0 Å². The van der Waals surface area contributed by atoms with E-state index in [2.05, 4.69) is 34.1 Å². The summed E-state index contributed by atoms with van der Waals surface area (Å²) in [5.41, 5.74) is 0. The Bertz CT molecular complexity index is 106. The summed E-state index contributed by atoms with van der Waals surface area (Å²) in [6, 6.07) is 0. The molecule has 1 heteroatoms. The Morgan fingerprint density at radius 1 is 0.818 bits per heavy atom. The summed E-state index contributed by atoms with van der Waals surface area (Å²) in [6.07, 6.45) is 7.18. The van der Waals surface area contributed by atoms with Crippen LogP contribution in [-0.4, -0.2) is 31.8 Å². The molecule has 0 amide bonds. The van der Waals surface area contributed by atoms with Crippen molar-refractivity contribution in [3.8, 4) is 0 Å². The maximum atomic E-state index is 2.57. The summed E-state index contributed by atoms with van der Waals surface area (Å²) >= 11 is 0. The predicted octanol–water partition coefficient (Wildman–Crippen LogP) is 3.64. The van der Waals surface area contributed by atoms with Gasteiger partial charge in [0.15, 0.2) is 0 Å². The van der Waals surface area contributed by atoms with Crippen molar-refractivity contribution < 1.29 is 0 Å². The van der Waals surface area contributed by atoms with E-state index in [1.807, 2.05) is 0 Å². The second-order valence-electron chi connectivity index (χ2n) is 4.78. The zero-order chi connectivity index (χ0) is 8.98. The van der Waals surface area contributed by atoms with E-state index in [0.717, 1.165) is 0 Å². The van der Waals surface area contributed by atoms with E-state index in [9.17, 15) is 0 Å². The molecule has 0 aliphatic heterocycles. The number of hydrogen-bond acceptors (Lipinski definition) is 0. The molecule has 0 saturated heterocycles. The topological polar surface area (TPSA) is 0 Å². The number of hydrogen-bond donors (Lipinski definition) is 0. The maximum absolute atomic E-state index is 2.57. The first-order valence-electron chi connectivity index (χ1n) is 4.96. The minimum atomic E-state index is -1.19. The molecule has 0 heterocycles. The molecule has 0 aliphatic rings. The second kappa shape index (κ2) is 3.90. The summed E-state index contributed by atoms with van der Waals surface area (Å²) in [7, 11) is 0. The van der Waals surface area contributed by atoms with Crippen LogP contribution in [0.4, 0.5) is 0 Å². The third-order valence-corrected chi connectivity index (χ3v) is 9.16. The van der Waals surface area contributed by atoms with Crippen molar-refractivity contribution in [2.75, 3.05) is 31.8 Å². The summed E-state index contributed by atoms with van der Waals surface area (Å²) < 4.78 is 0.